The number of anilines is 3. The zero-order valence-corrected chi connectivity index (χ0v) is 13.6. The molecule has 0 spiro atoms. The molecule has 0 unspecified atom stereocenters. The molecule has 6 nitrogen and oxygen atoms in total. The second-order valence-corrected chi connectivity index (χ2v) is 5.81. The predicted molar refractivity (Wildman–Crippen MR) is 94.4 cm³/mol. The Labute approximate surface area is 140 Å². The molecule has 0 radical (unpaired) electrons. The molecule has 2 amide bonds. The van der Waals surface area contributed by atoms with Gasteiger partial charge in [-0.25, -0.2) is 0 Å². The maximum absolute atomic E-state index is 12.4. The number of pyridine rings is 1. The molecule has 2 heterocycles. The van der Waals surface area contributed by atoms with Gasteiger partial charge in [0, 0.05) is 43.3 Å². The van der Waals surface area contributed by atoms with Crippen molar-refractivity contribution in [1.82, 2.24) is 4.98 Å². The Morgan fingerprint density at radius 3 is 2.25 bits per heavy atom. The van der Waals surface area contributed by atoms with Crippen molar-refractivity contribution in [3.63, 3.8) is 0 Å². The van der Waals surface area contributed by atoms with Gasteiger partial charge in [0.15, 0.2) is 0 Å². The normalized spacial score (nSPS) is 13.6. The number of nitrogens with zero attached hydrogens (tertiary/aromatic N) is 2. The quantitative estimate of drug-likeness (QED) is 0.907. The van der Waals surface area contributed by atoms with E-state index in [1.54, 1.807) is 30.5 Å². The van der Waals surface area contributed by atoms with Crippen molar-refractivity contribution in [1.29, 1.82) is 0 Å². The van der Waals surface area contributed by atoms with Crippen LogP contribution in [0.5, 0.6) is 0 Å². The molecule has 24 heavy (non-hydrogen) atoms. The van der Waals surface area contributed by atoms with Crippen molar-refractivity contribution in [2.24, 2.45) is 0 Å². The van der Waals surface area contributed by atoms with E-state index >= 15 is 0 Å². The third-order valence-electron chi connectivity index (χ3n) is 3.91. The van der Waals surface area contributed by atoms with E-state index in [-0.39, 0.29) is 11.8 Å². The predicted octanol–water partition coefficient (Wildman–Crippen LogP) is 2.89. The van der Waals surface area contributed by atoms with Crippen LogP contribution in [0, 0.1) is 0 Å². The first-order valence-electron chi connectivity index (χ1n) is 8.02. The van der Waals surface area contributed by atoms with Crippen LogP contribution in [-0.2, 0) is 4.79 Å². The maximum atomic E-state index is 12.4. The molecule has 124 valence electrons. The van der Waals surface area contributed by atoms with Crippen LogP contribution in [0.25, 0.3) is 0 Å². The lowest BCUT2D eigenvalue weighted by Crippen LogP contribution is -2.19. The van der Waals surface area contributed by atoms with Crippen LogP contribution in [0.2, 0.25) is 0 Å². The number of hydrogen-bond donors (Lipinski definition) is 2. The first-order valence-corrected chi connectivity index (χ1v) is 8.02. The van der Waals surface area contributed by atoms with E-state index in [2.05, 4.69) is 20.5 Å². The van der Waals surface area contributed by atoms with Crippen molar-refractivity contribution in [3.05, 3.63) is 48.3 Å². The lowest BCUT2D eigenvalue weighted by atomic mass is 10.2. The molecule has 2 N–H and O–H groups in total. The second-order valence-electron chi connectivity index (χ2n) is 5.81. The molecule has 1 aliphatic rings. The summed E-state index contributed by atoms with van der Waals surface area (Å²) in [4.78, 5) is 29.8. The van der Waals surface area contributed by atoms with Crippen molar-refractivity contribution in [2.75, 3.05) is 28.6 Å². The lowest BCUT2D eigenvalue weighted by Gasteiger charge is -2.17. The number of benzene rings is 1. The summed E-state index contributed by atoms with van der Waals surface area (Å²) in [5, 5.41) is 5.51. The summed E-state index contributed by atoms with van der Waals surface area (Å²) in [6.45, 7) is 3.50. The number of aromatic nitrogens is 1. The molecule has 2 aromatic rings. The highest BCUT2D eigenvalue weighted by Crippen LogP contribution is 2.21. The first kappa shape index (κ1) is 16.0. The Morgan fingerprint density at radius 2 is 1.62 bits per heavy atom. The SMILES string of the molecule is CC(=O)Nc1ccc(NC(=O)c2cc(N3CCCC3)ccn2)cc1. The molecule has 0 bridgehead atoms. The zero-order chi connectivity index (χ0) is 16.9. The largest absolute Gasteiger partial charge is 0.371 e. The fourth-order valence-electron chi connectivity index (χ4n) is 2.75. The van der Waals surface area contributed by atoms with E-state index < -0.39 is 0 Å². The first-order chi connectivity index (χ1) is 11.6. The van der Waals surface area contributed by atoms with Gasteiger partial charge in [-0.1, -0.05) is 0 Å². The van der Waals surface area contributed by atoms with Crippen LogP contribution in [0.4, 0.5) is 17.1 Å². The Kier molecular flexibility index (Phi) is 4.74. The van der Waals surface area contributed by atoms with Gasteiger partial charge in [0.1, 0.15) is 5.69 Å². The van der Waals surface area contributed by atoms with E-state index in [1.165, 1.54) is 19.8 Å². The monoisotopic (exact) mass is 324 g/mol. The van der Waals surface area contributed by atoms with Crippen LogP contribution < -0.4 is 15.5 Å². The van der Waals surface area contributed by atoms with Gasteiger partial charge in [0.05, 0.1) is 0 Å². The summed E-state index contributed by atoms with van der Waals surface area (Å²) in [5.41, 5.74) is 2.77. The summed E-state index contributed by atoms with van der Waals surface area (Å²) >= 11 is 0. The smallest absolute Gasteiger partial charge is 0.274 e. The van der Waals surface area contributed by atoms with Crippen molar-refractivity contribution >= 4 is 28.9 Å². The number of carbonyl (C=O) groups is 2. The summed E-state index contributed by atoms with van der Waals surface area (Å²) in [5.74, 6) is -0.377. The van der Waals surface area contributed by atoms with E-state index in [1.807, 2.05) is 12.1 Å². The molecule has 1 fully saturated rings. The minimum atomic E-state index is -0.247. The fraction of sp³-hybridized carbons (Fsp3) is 0.278. The van der Waals surface area contributed by atoms with Crippen molar-refractivity contribution < 1.29 is 9.59 Å². The number of carbonyl (C=O) groups excluding carboxylic acids is 2. The van der Waals surface area contributed by atoms with Crippen LogP contribution in [-0.4, -0.2) is 29.9 Å². The zero-order valence-electron chi connectivity index (χ0n) is 13.6. The Bertz CT molecular complexity index is 737. The number of rotatable bonds is 4. The molecule has 1 aliphatic heterocycles. The summed E-state index contributed by atoms with van der Waals surface area (Å²) < 4.78 is 0. The Morgan fingerprint density at radius 1 is 1.00 bits per heavy atom. The molecule has 0 saturated carbocycles. The Balaban J connectivity index is 1.68. The van der Waals surface area contributed by atoms with Crippen molar-refractivity contribution in [3.8, 4) is 0 Å². The van der Waals surface area contributed by atoms with E-state index in [0.717, 1.165) is 18.8 Å². The second kappa shape index (κ2) is 7.12. The van der Waals surface area contributed by atoms with E-state index in [4.69, 9.17) is 0 Å². The minimum Gasteiger partial charge on any atom is -0.371 e. The van der Waals surface area contributed by atoms with Crippen LogP contribution in [0.1, 0.15) is 30.3 Å². The summed E-state index contributed by atoms with van der Waals surface area (Å²) in [6.07, 6.45) is 4.04. The fourth-order valence-corrected chi connectivity index (χ4v) is 2.75. The third kappa shape index (κ3) is 3.90. The topological polar surface area (TPSA) is 74.3 Å². The Hall–Kier alpha value is -2.89. The molecule has 1 aromatic heterocycles. The highest BCUT2D eigenvalue weighted by molar-refractivity contribution is 6.03. The standard InChI is InChI=1S/C18H20N4O2/c1-13(23)20-14-4-6-15(7-5-14)21-18(24)17-12-16(8-9-19-17)22-10-2-3-11-22/h4-9,12H,2-3,10-11H2,1H3,(H,20,23)(H,21,24). The van der Waals surface area contributed by atoms with Gasteiger partial charge >= 0.3 is 0 Å². The minimum absolute atomic E-state index is 0.130. The summed E-state index contributed by atoms with van der Waals surface area (Å²) in [6, 6.07) is 10.7. The molecule has 0 atom stereocenters. The number of hydrogen-bond acceptors (Lipinski definition) is 4. The van der Waals surface area contributed by atoms with E-state index in [0.29, 0.717) is 17.1 Å². The van der Waals surface area contributed by atoms with Crippen LogP contribution in [0.3, 0.4) is 0 Å². The average Bonchev–Trinajstić information content (AvgIpc) is 3.11. The summed E-state index contributed by atoms with van der Waals surface area (Å²) in [7, 11) is 0. The number of amides is 2. The van der Waals surface area contributed by atoms with E-state index in [9.17, 15) is 9.59 Å². The molecule has 3 rings (SSSR count). The highest BCUT2D eigenvalue weighted by Gasteiger charge is 2.15. The molecule has 1 saturated heterocycles. The highest BCUT2D eigenvalue weighted by atomic mass is 16.2. The van der Waals surface area contributed by atoms with Gasteiger partial charge in [0.25, 0.3) is 5.91 Å². The van der Waals surface area contributed by atoms with Crippen LogP contribution >= 0.6 is 0 Å². The molecule has 6 heteroatoms. The molecular formula is C18H20N4O2. The lowest BCUT2D eigenvalue weighted by molar-refractivity contribution is -0.114. The van der Waals surface area contributed by atoms with Gasteiger partial charge in [-0.15, -0.1) is 0 Å². The molecule has 1 aromatic carbocycles. The molecular weight excluding hydrogens is 304 g/mol. The third-order valence-corrected chi connectivity index (χ3v) is 3.91. The molecule has 0 aliphatic carbocycles. The van der Waals surface area contributed by atoms with Gasteiger partial charge in [0.2, 0.25) is 5.91 Å². The van der Waals surface area contributed by atoms with Gasteiger partial charge < -0.3 is 15.5 Å². The number of nitrogens with one attached hydrogen (secondary N) is 2. The maximum Gasteiger partial charge on any atom is 0.274 e. The van der Waals surface area contributed by atoms with Crippen LogP contribution in [0.15, 0.2) is 42.6 Å². The van der Waals surface area contributed by atoms with Gasteiger partial charge in [-0.05, 0) is 49.2 Å². The van der Waals surface area contributed by atoms with Crippen molar-refractivity contribution in [2.45, 2.75) is 19.8 Å². The van der Waals surface area contributed by atoms with Gasteiger partial charge in [-0.3, -0.25) is 14.6 Å². The average molecular weight is 324 g/mol. The van der Waals surface area contributed by atoms with Gasteiger partial charge in [-0.2, -0.15) is 0 Å².